The molecule has 0 unspecified atom stereocenters. The highest BCUT2D eigenvalue weighted by Crippen LogP contribution is 2.29. The number of hydrogen-bond donors (Lipinski definition) is 1. The average molecular weight is 390 g/mol. The Balaban J connectivity index is 1.46. The maximum atomic E-state index is 13.1. The number of halogens is 1. The Morgan fingerprint density at radius 1 is 1.11 bits per heavy atom. The molecule has 3 rings (SSSR count). The molecule has 6 heteroatoms. The van der Waals surface area contributed by atoms with Crippen LogP contribution in [0.25, 0.3) is 0 Å². The van der Waals surface area contributed by atoms with Crippen LogP contribution < -0.4 is 5.32 Å². The number of nitrogens with zero attached hydrogens (tertiary/aromatic N) is 2. The van der Waals surface area contributed by atoms with Gasteiger partial charge in [-0.3, -0.25) is 9.59 Å². The largest absolute Gasteiger partial charge is 0.355 e. The zero-order valence-electron chi connectivity index (χ0n) is 16.8. The third-order valence-corrected chi connectivity index (χ3v) is 6.19. The van der Waals surface area contributed by atoms with Gasteiger partial charge in [-0.1, -0.05) is 13.3 Å². The smallest absolute Gasteiger partial charge is 0.253 e. The number of likely N-dealkylation sites (tertiary alicyclic amines) is 2. The molecule has 0 bridgehead atoms. The van der Waals surface area contributed by atoms with Crippen LogP contribution in [0.3, 0.4) is 0 Å². The zero-order chi connectivity index (χ0) is 19.9. The summed E-state index contributed by atoms with van der Waals surface area (Å²) >= 11 is 0. The van der Waals surface area contributed by atoms with Crippen LogP contribution in [0.2, 0.25) is 0 Å². The van der Waals surface area contributed by atoms with Gasteiger partial charge in [0.1, 0.15) is 5.82 Å². The van der Waals surface area contributed by atoms with Gasteiger partial charge in [0.05, 0.1) is 0 Å². The summed E-state index contributed by atoms with van der Waals surface area (Å²) in [6, 6.07) is 5.73. The van der Waals surface area contributed by atoms with Crippen LogP contribution >= 0.6 is 0 Å². The van der Waals surface area contributed by atoms with Gasteiger partial charge in [-0.2, -0.15) is 0 Å². The molecule has 1 N–H and O–H groups in total. The van der Waals surface area contributed by atoms with E-state index in [9.17, 15) is 14.0 Å². The molecule has 2 aliphatic heterocycles. The molecular formula is C22H32FN3O2. The summed E-state index contributed by atoms with van der Waals surface area (Å²) in [5, 5.41) is 3.07. The molecule has 2 amide bonds. The summed E-state index contributed by atoms with van der Waals surface area (Å²) in [6.45, 7) is 7.39. The average Bonchev–Trinajstić information content (AvgIpc) is 3.22. The van der Waals surface area contributed by atoms with E-state index in [2.05, 4.69) is 17.1 Å². The highest BCUT2D eigenvalue weighted by Gasteiger charge is 2.32. The van der Waals surface area contributed by atoms with Crippen LogP contribution in [-0.2, 0) is 4.79 Å². The molecule has 0 spiro atoms. The number of rotatable bonds is 7. The highest BCUT2D eigenvalue weighted by molar-refractivity contribution is 5.94. The minimum Gasteiger partial charge on any atom is -0.355 e. The Morgan fingerprint density at radius 2 is 1.82 bits per heavy atom. The quantitative estimate of drug-likeness (QED) is 0.780. The summed E-state index contributed by atoms with van der Waals surface area (Å²) in [7, 11) is 0. The molecule has 0 radical (unpaired) electrons. The summed E-state index contributed by atoms with van der Waals surface area (Å²) in [5.41, 5.74) is 0.523. The van der Waals surface area contributed by atoms with Crippen molar-refractivity contribution in [2.24, 2.45) is 11.8 Å². The predicted molar refractivity (Wildman–Crippen MR) is 107 cm³/mol. The van der Waals surface area contributed by atoms with Gasteiger partial charge in [-0.05, 0) is 68.5 Å². The van der Waals surface area contributed by atoms with Crippen molar-refractivity contribution in [3.63, 3.8) is 0 Å². The van der Waals surface area contributed by atoms with E-state index in [1.54, 1.807) is 12.1 Å². The standard InChI is InChI=1S/C22H32FN3O2/c1-2-17-16-26(22(28)18-5-7-20(23)8-6-18)13-9-19(17)15-21(27)24-10-14-25-11-3-4-12-25/h5-8,17,19H,2-4,9-16H2,1H3,(H,24,27)/t17-,19-/m0/s1. The third kappa shape index (κ3) is 5.53. The van der Waals surface area contributed by atoms with Crippen LogP contribution in [0.15, 0.2) is 24.3 Å². The van der Waals surface area contributed by atoms with E-state index in [4.69, 9.17) is 0 Å². The lowest BCUT2D eigenvalue weighted by atomic mass is 9.81. The molecule has 2 heterocycles. The topological polar surface area (TPSA) is 52.7 Å². The van der Waals surface area contributed by atoms with Crippen LogP contribution in [0.5, 0.6) is 0 Å². The zero-order valence-corrected chi connectivity index (χ0v) is 16.8. The van der Waals surface area contributed by atoms with Crippen molar-refractivity contribution in [3.05, 3.63) is 35.6 Å². The molecule has 1 aromatic rings. The fourth-order valence-electron chi connectivity index (χ4n) is 4.44. The van der Waals surface area contributed by atoms with Crippen LogP contribution in [0.4, 0.5) is 4.39 Å². The maximum absolute atomic E-state index is 13.1. The van der Waals surface area contributed by atoms with Crippen molar-refractivity contribution in [1.29, 1.82) is 0 Å². The van der Waals surface area contributed by atoms with Gasteiger partial charge >= 0.3 is 0 Å². The second-order valence-corrected chi connectivity index (χ2v) is 8.08. The Labute approximate surface area is 167 Å². The van der Waals surface area contributed by atoms with E-state index in [0.29, 0.717) is 36.9 Å². The minimum atomic E-state index is -0.336. The number of hydrogen-bond acceptors (Lipinski definition) is 3. The summed E-state index contributed by atoms with van der Waals surface area (Å²) < 4.78 is 13.1. The summed E-state index contributed by atoms with van der Waals surface area (Å²) in [5.74, 6) is 0.377. The fraction of sp³-hybridized carbons (Fsp3) is 0.636. The Morgan fingerprint density at radius 3 is 2.50 bits per heavy atom. The van der Waals surface area contributed by atoms with E-state index in [-0.39, 0.29) is 17.6 Å². The van der Waals surface area contributed by atoms with Crippen molar-refractivity contribution in [2.75, 3.05) is 39.3 Å². The number of amides is 2. The first-order chi connectivity index (χ1) is 13.6. The van der Waals surface area contributed by atoms with E-state index >= 15 is 0 Å². The first-order valence-electron chi connectivity index (χ1n) is 10.6. The Kier molecular flexibility index (Phi) is 7.43. The number of piperidine rings is 1. The first kappa shape index (κ1) is 20.8. The molecule has 5 nitrogen and oxygen atoms in total. The number of nitrogens with one attached hydrogen (secondary N) is 1. The van der Waals surface area contributed by atoms with Crippen LogP contribution in [0.1, 0.15) is 49.4 Å². The molecule has 2 saturated heterocycles. The molecular weight excluding hydrogens is 357 g/mol. The van der Waals surface area contributed by atoms with E-state index in [1.807, 2.05) is 4.90 Å². The highest BCUT2D eigenvalue weighted by atomic mass is 19.1. The summed E-state index contributed by atoms with van der Waals surface area (Å²) in [4.78, 5) is 29.3. The summed E-state index contributed by atoms with van der Waals surface area (Å²) in [6.07, 6.45) is 4.85. The van der Waals surface area contributed by atoms with Crippen molar-refractivity contribution in [2.45, 2.75) is 39.0 Å². The van der Waals surface area contributed by atoms with Gasteiger partial charge in [-0.25, -0.2) is 4.39 Å². The maximum Gasteiger partial charge on any atom is 0.253 e. The van der Waals surface area contributed by atoms with Gasteiger partial charge in [-0.15, -0.1) is 0 Å². The van der Waals surface area contributed by atoms with Gasteiger partial charge in [0.2, 0.25) is 5.91 Å². The molecule has 2 aliphatic rings. The molecule has 0 aliphatic carbocycles. The lowest BCUT2D eigenvalue weighted by Gasteiger charge is -2.38. The lowest BCUT2D eigenvalue weighted by molar-refractivity contribution is -0.122. The lowest BCUT2D eigenvalue weighted by Crippen LogP contribution is -2.45. The fourth-order valence-corrected chi connectivity index (χ4v) is 4.44. The SMILES string of the molecule is CC[C@H]1CN(C(=O)c2ccc(F)cc2)CC[C@H]1CC(=O)NCCN1CCCC1. The molecule has 2 atom stereocenters. The first-order valence-corrected chi connectivity index (χ1v) is 10.6. The monoisotopic (exact) mass is 389 g/mol. The number of benzene rings is 1. The molecule has 154 valence electrons. The van der Waals surface area contributed by atoms with E-state index in [1.165, 1.54) is 25.0 Å². The van der Waals surface area contributed by atoms with Crippen molar-refractivity contribution in [1.82, 2.24) is 15.1 Å². The number of carbonyl (C=O) groups excluding carboxylic acids is 2. The molecule has 0 saturated carbocycles. The Hall–Kier alpha value is -1.95. The van der Waals surface area contributed by atoms with Gasteiger partial charge < -0.3 is 15.1 Å². The molecule has 28 heavy (non-hydrogen) atoms. The second kappa shape index (κ2) is 10.0. The second-order valence-electron chi connectivity index (χ2n) is 8.08. The van der Waals surface area contributed by atoms with Gasteiger partial charge in [0.15, 0.2) is 0 Å². The van der Waals surface area contributed by atoms with E-state index in [0.717, 1.165) is 39.0 Å². The van der Waals surface area contributed by atoms with E-state index < -0.39 is 0 Å². The van der Waals surface area contributed by atoms with Crippen LogP contribution in [-0.4, -0.2) is 60.9 Å². The van der Waals surface area contributed by atoms with Crippen molar-refractivity contribution in [3.8, 4) is 0 Å². The minimum absolute atomic E-state index is 0.0491. The van der Waals surface area contributed by atoms with Crippen molar-refractivity contribution >= 4 is 11.8 Å². The molecule has 1 aromatic carbocycles. The van der Waals surface area contributed by atoms with Gasteiger partial charge in [0.25, 0.3) is 5.91 Å². The van der Waals surface area contributed by atoms with Crippen LogP contribution in [0, 0.1) is 17.7 Å². The number of carbonyl (C=O) groups is 2. The molecule has 2 fully saturated rings. The van der Waals surface area contributed by atoms with Gasteiger partial charge in [0, 0.05) is 38.2 Å². The predicted octanol–water partition coefficient (Wildman–Crippen LogP) is 2.92. The normalized spacial score (nSPS) is 23.0. The third-order valence-electron chi connectivity index (χ3n) is 6.19. The Bertz CT molecular complexity index is 658. The van der Waals surface area contributed by atoms with Crippen molar-refractivity contribution < 1.29 is 14.0 Å². The molecule has 0 aromatic heterocycles.